The summed E-state index contributed by atoms with van der Waals surface area (Å²) in [6.45, 7) is 2.69. The maximum absolute atomic E-state index is 11.8. The molecular weight excluding hydrogens is 392 g/mol. The lowest BCUT2D eigenvalue weighted by molar-refractivity contribution is -0.133. The Morgan fingerprint density at radius 1 is 0.815 bits per heavy atom. The van der Waals surface area contributed by atoms with Crippen molar-refractivity contribution in [2.24, 2.45) is 0 Å². The van der Waals surface area contributed by atoms with Crippen LogP contribution in [0, 0.1) is 0 Å². The lowest BCUT2D eigenvalue weighted by Gasteiger charge is -2.14. The summed E-state index contributed by atoms with van der Waals surface area (Å²) in [4.78, 5) is 60.0. The van der Waals surface area contributed by atoms with Gasteiger partial charge >= 0.3 is 0 Å². The number of aromatic nitrogens is 3. The Morgan fingerprint density at radius 3 is 1.67 bits per heavy atom. The molecule has 2 aliphatic rings. The summed E-state index contributed by atoms with van der Waals surface area (Å²) in [6, 6.07) is 0. The number of hydrogen-bond donors (Lipinski definition) is 1. The molecule has 3 rings (SSSR count). The van der Waals surface area contributed by atoms with Crippen LogP contribution in [-0.4, -0.2) is 53.7 Å². The molecular formula is C15H18N6O4S2. The molecule has 0 radical (unpaired) electrons. The van der Waals surface area contributed by atoms with Gasteiger partial charge in [-0.05, 0) is 6.42 Å². The number of imide groups is 2. The third kappa shape index (κ3) is 4.75. The Bertz CT molecular complexity index is 701. The second-order valence-electron chi connectivity index (χ2n) is 5.85. The van der Waals surface area contributed by atoms with Crippen molar-refractivity contribution in [1.82, 2.24) is 23.6 Å². The molecule has 0 aromatic carbocycles. The molecule has 144 valence electrons. The lowest BCUT2D eigenvalue weighted by atomic mass is 10.3. The summed E-state index contributed by atoms with van der Waals surface area (Å²) in [5.74, 6) is -0.938. The highest BCUT2D eigenvalue weighted by atomic mass is 32.2. The van der Waals surface area contributed by atoms with E-state index in [1.807, 2.05) is 6.92 Å². The number of nitrogens with one attached hydrogen (secondary N) is 1. The molecule has 2 aliphatic heterocycles. The van der Waals surface area contributed by atoms with E-state index in [1.165, 1.54) is 0 Å². The number of amides is 4. The first-order valence-electron chi connectivity index (χ1n) is 8.55. The van der Waals surface area contributed by atoms with Gasteiger partial charge in [-0.2, -0.15) is 15.0 Å². The molecule has 0 atom stereocenters. The maximum atomic E-state index is 11.8. The number of hydrogen-bond acceptors (Lipinski definition) is 10. The summed E-state index contributed by atoms with van der Waals surface area (Å²) >= 11 is 1.65. The second kappa shape index (κ2) is 8.65. The van der Waals surface area contributed by atoms with Gasteiger partial charge in [-0.25, -0.2) is 8.61 Å². The predicted molar refractivity (Wildman–Crippen MR) is 97.1 cm³/mol. The molecule has 0 saturated carbocycles. The number of unbranched alkanes of at least 4 members (excludes halogenated alkanes) is 1. The quantitative estimate of drug-likeness (QED) is 0.382. The van der Waals surface area contributed by atoms with Crippen molar-refractivity contribution < 1.29 is 19.2 Å². The first kappa shape index (κ1) is 19.5. The van der Waals surface area contributed by atoms with E-state index in [4.69, 9.17) is 0 Å². The van der Waals surface area contributed by atoms with Crippen LogP contribution in [0.3, 0.4) is 0 Å². The lowest BCUT2D eigenvalue weighted by Crippen LogP contribution is -2.23. The van der Waals surface area contributed by atoms with E-state index >= 15 is 0 Å². The van der Waals surface area contributed by atoms with Gasteiger partial charge in [0.05, 0.1) is 0 Å². The fourth-order valence-electron chi connectivity index (χ4n) is 2.35. The highest BCUT2D eigenvalue weighted by molar-refractivity contribution is 7.98. The largest absolute Gasteiger partial charge is 0.354 e. The minimum atomic E-state index is -0.301. The van der Waals surface area contributed by atoms with Crippen molar-refractivity contribution in [1.29, 1.82) is 0 Å². The fraction of sp³-hybridized carbons (Fsp3) is 0.533. The van der Waals surface area contributed by atoms with Gasteiger partial charge in [0.25, 0.3) is 0 Å². The minimum Gasteiger partial charge on any atom is -0.354 e. The van der Waals surface area contributed by atoms with Crippen molar-refractivity contribution in [2.45, 2.75) is 55.8 Å². The summed E-state index contributed by atoms with van der Waals surface area (Å²) in [7, 11) is 0. The number of rotatable bonds is 8. The highest BCUT2D eigenvalue weighted by Gasteiger charge is 2.33. The Morgan fingerprint density at radius 2 is 1.26 bits per heavy atom. The van der Waals surface area contributed by atoms with E-state index in [1.54, 1.807) is 0 Å². The Hall–Kier alpha value is -2.21. The van der Waals surface area contributed by atoms with Crippen LogP contribution in [-0.2, 0) is 19.2 Å². The molecule has 0 unspecified atom stereocenters. The normalized spacial score (nSPS) is 17.4. The average Bonchev–Trinajstić information content (AvgIpc) is 3.12. The zero-order valence-electron chi connectivity index (χ0n) is 14.6. The van der Waals surface area contributed by atoms with Crippen molar-refractivity contribution in [3.63, 3.8) is 0 Å². The monoisotopic (exact) mass is 410 g/mol. The van der Waals surface area contributed by atoms with E-state index in [0.717, 1.165) is 45.3 Å². The van der Waals surface area contributed by atoms with Gasteiger partial charge in [0.1, 0.15) is 0 Å². The zero-order valence-corrected chi connectivity index (χ0v) is 16.3. The molecule has 0 bridgehead atoms. The molecule has 4 amide bonds. The van der Waals surface area contributed by atoms with Crippen LogP contribution in [0.4, 0.5) is 5.95 Å². The van der Waals surface area contributed by atoms with E-state index in [2.05, 4.69) is 20.3 Å². The summed E-state index contributed by atoms with van der Waals surface area (Å²) in [5, 5.41) is 3.35. The molecule has 2 saturated heterocycles. The van der Waals surface area contributed by atoms with Crippen LogP contribution >= 0.6 is 23.9 Å². The molecule has 0 aliphatic carbocycles. The van der Waals surface area contributed by atoms with E-state index in [9.17, 15) is 19.2 Å². The fourth-order valence-corrected chi connectivity index (χ4v) is 4.02. The van der Waals surface area contributed by atoms with Gasteiger partial charge in [0.15, 0.2) is 0 Å². The Balaban J connectivity index is 1.81. The third-order valence-corrected chi connectivity index (χ3v) is 5.64. The molecule has 10 nitrogen and oxygen atoms in total. The van der Waals surface area contributed by atoms with Gasteiger partial charge < -0.3 is 5.32 Å². The van der Waals surface area contributed by atoms with Crippen molar-refractivity contribution in [2.75, 3.05) is 11.9 Å². The van der Waals surface area contributed by atoms with Gasteiger partial charge in [-0.1, -0.05) is 13.3 Å². The first-order chi connectivity index (χ1) is 13.0. The number of carbonyl (C=O) groups excluding carboxylic acids is 4. The SMILES string of the molecule is CCCCNc1nc(SN2C(=O)CCC2=O)nc(SN2C(=O)CCC2=O)n1. The predicted octanol–water partition coefficient (Wildman–Crippen LogP) is 1.40. The van der Waals surface area contributed by atoms with Gasteiger partial charge in [0, 0.05) is 56.1 Å². The smallest absolute Gasteiger partial charge is 0.240 e. The Labute approximate surface area is 164 Å². The molecule has 1 aromatic heterocycles. The summed E-state index contributed by atoms with van der Waals surface area (Å²) in [5.41, 5.74) is 0. The molecule has 2 fully saturated rings. The van der Waals surface area contributed by atoms with Crippen molar-refractivity contribution >= 4 is 53.5 Å². The van der Waals surface area contributed by atoms with Crippen LogP contribution < -0.4 is 5.32 Å². The second-order valence-corrected chi connectivity index (χ2v) is 7.68. The number of anilines is 1. The molecule has 27 heavy (non-hydrogen) atoms. The first-order valence-corrected chi connectivity index (χ1v) is 10.1. The van der Waals surface area contributed by atoms with Crippen LogP contribution in [0.1, 0.15) is 45.4 Å². The van der Waals surface area contributed by atoms with Crippen LogP contribution in [0.15, 0.2) is 10.3 Å². The zero-order chi connectivity index (χ0) is 19.4. The van der Waals surface area contributed by atoms with Gasteiger partial charge in [-0.15, -0.1) is 0 Å². The topological polar surface area (TPSA) is 125 Å². The van der Waals surface area contributed by atoms with Gasteiger partial charge in [-0.3, -0.25) is 19.2 Å². The van der Waals surface area contributed by atoms with Crippen molar-refractivity contribution in [3.8, 4) is 0 Å². The number of carbonyl (C=O) groups is 4. The third-order valence-electron chi connectivity index (χ3n) is 3.77. The molecule has 1 aromatic rings. The standard InChI is InChI=1S/C15H18N6O4S2/c1-2-3-8-16-13-17-14(26-20-9(22)4-5-10(20)23)19-15(18-13)27-21-11(24)6-7-12(21)25/h2-8H2,1H3,(H,16,17,18,19). The van der Waals surface area contributed by atoms with Crippen LogP contribution in [0.5, 0.6) is 0 Å². The summed E-state index contributed by atoms with van der Waals surface area (Å²) < 4.78 is 2.07. The van der Waals surface area contributed by atoms with Crippen molar-refractivity contribution in [3.05, 3.63) is 0 Å². The highest BCUT2D eigenvalue weighted by Crippen LogP contribution is 2.30. The minimum absolute atomic E-state index is 0.147. The average molecular weight is 410 g/mol. The summed E-state index contributed by atoms with van der Waals surface area (Å²) in [6.07, 6.45) is 2.54. The maximum Gasteiger partial charge on any atom is 0.240 e. The van der Waals surface area contributed by atoms with Crippen LogP contribution in [0.2, 0.25) is 0 Å². The molecule has 3 heterocycles. The number of nitrogens with zero attached hydrogens (tertiary/aromatic N) is 5. The van der Waals surface area contributed by atoms with Crippen LogP contribution in [0.25, 0.3) is 0 Å². The van der Waals surface area contributed by atoms with E-state index < -0.39 is 0 Å². The van der Waals surface area contributed by atoms with E-state index in [-0.39, 0.29) is 65.6 Å². The Kier molecular flexibility index (Phi) is 6.26. The molecule has 0 spiro atoms. The molecule has 12 heteroatoms. The van der Waals surface area contributed by atoms with Gasteiger partial charge in [0.2, 0.25) is 39.9 Å². The molecule has 1 N–H and O–H groups in total. The van der Waals surface area contributed by atoms with E-state index in [0.29, 0.717) is 6.54 Å².